The molecule has 3 nitrogen and oxygen atoms in total. The molecule has 0 spiro atoms. The number of hydrogen-bond acceptors (Lipinski definition) is 3. The number of rotatable bonds is 12. The van der Waals surface area contributed by atoms with E-state index in [1.54, 1.807) is 0 Å². The molecule has 0 aliphatic carbocycles. The van der Waals surface area contributed by atoms with Gasteiger partial charge in [0.05, 0.1) is 0 Å². The second-order valence-corrected chi connectivity index (χ2v) is 5.02. The topological polar surface area (TPSA) is 50.4 Å². The number of furan rings is 1. The lowest BCUT2D eigenvalue weighted by molar-refractivity contribution is -0.107. The third-order valence-electron chi connectivity index (χ3n) is 3.29. The first-order valence-corrected chi connectivity index (χ1v) is 7.49. The molecular weight excluding hydrogens is 240 g/mol. The van der Waals surface area contributed by atoms with Crippen LogP contribution in [0.5, 0.6) is 0 Å². The second-order valence-electron chi connectivity index (χ2n) is 5.02. The highest BCUT2D eigenvalue weighted by Gasteiger charge is 2.02. The minimum atomic E-state index is 0.301. The molecule has 0 aromatic carbocycles. The standard InChI is InChI=1S/C16H26O3/c17-13-7-3-1-5-9-15-11-12-16(19-15)10-6-2-4-8-14-18/h11-13,18H,1-10,14H2. The summed E-state index contributed by atoms with van der Waals surface area (Å²) < 4.78 is 5.78. The highest BCUT2D eigenvalue weighted by molar-refractivity contribution is 5.48. The Hall–Kier alpha value is -1.09. The summed E-state index contributed by atoms with van der Waals surface area (Å²) in [5.41, 5.74) is 0. The molecule has 1 aromatic heterocycles. The first-order chi connectivity index (χ1) is 9.36. The fourth-order valence-corrected chi connectivity index (χ4v) is 2.16. The molecule has 1 N–H and O–H groups in total. The van der Waals surface area contributed by atoms with Crippen LogP contribution < -0.4 is 0 Å². The molecular formula is C16H26O3. The fourth-order valence-electron chi connectivity index (χ4n) is 2.16. The maximum Gasteiger partial charge on any atom is 0.119 e. The summed E-state index contributed by atoms with van der Waals surface area (Å²) in [4.78, 5) is 10.2. The predicted molar refractivity (Wildman–Crippen MR) is 76.2 cm³/mol. The molecule has 0 aliphatic rings. The molecule has 0 fully saturated rings. The van der Waals surface area contributed by atoms with Crippen molar-refractivity contribution >= 4 is 6.29 Å². The van der Waals surface area contributed by atoms with Crippen molar-refractivity contribution in [3.8, 4) is 0 Å². The third kappa shape index (κ3) is 7.83. The van der Waals surface area contributed by atoms with Crippen LogP contribution in [0.25, 0.3) is 0 Å². The second kappa shape index (κ2) is 10.8. The number of aliphatic hydroxyl groups is 1. The molecule has 0 saturated heterocycles. The molecule has 1 rings (SSSR count). The Morgan fingerprint density at radius 2 is 1.47 bits per heavy atom. The van der Waals surface area contributed by atoms with Crippen LogP contribution in [0.3, 0.4) is 0 Å². The average Bonchev–Trinajstić information content (AvgIpc) is 2.86. The van der Waals surface area contributed by atoms with E-state index in [4.69, 9.17) is 9.52 Å². The van der Waals surface area contributed by atoms with Crippen LogP contribution in [-0.2, 0) is 17.6 Å². The summed E-state index contributed by atoms with van der Waals surface area (Å²) in [6.45, 7) is 0.301. The van der Waals surface area contributed by atoms with E-state index in [1.165, 1.54) is 0 Å². The molecule has 108 valence electrons. The molecule has 19 heavy (non-hydrogen) atoms. The van der Waals surface area contributed by atoms with E-state index in [-0.39, 0.29) is 0 Å². The van der Waals surface area contributed by atoms with E-state index in [2.05, 4.69) is 12.1 Å². The van der Waals surface area contributed by atoms with Gasteiger partial charge < -0.3 is 14.3 Å². The Bertz CT molecular complexity index is 330. The highest BCUT2D eigenvalue weighted by Crippen LogP contribution is 2.14. The van der Waals surface area contributed by atoms with Crippen LogP contribution >= 0.6 is 0 Å². The van der Waals surface area contributed by atoms with E-state index in [1.807, 2.05) is 0 Å². The Morgan fingerprint density at radius 3 is 2.05 bits per heavy atom. The lowest BCUT2D eigenvalue weighted by Crippen LogP contribution is -1.86. The summed E-state index contributed by atoms with van der Waals surface area (Å²) in [6, 6.07) is 4.15. The molecule has 0 unspecified atom stereocenters. The quantitative estimate of drug-likeness (QED) is 0.464. The summed E-state index contributed by atoms with van der Waals surface area (Å²) >= 11 is 0. The number of carbonyl (C=O) groups excluding carboxylic acids is 1. The first-order valence-electron chi connectivity index (χ1n) is 7.49. The normalized spacial score (nSPS) is 10.8. The fraction of sp³-hybridized carbons (Fsp3) is 0.688. The average molecular weight is 266 g/mol. The van der Waals surface area contributed by atoms with E-state index < -0.39 is 0 Å². The maximum atomic E-state index is 10.2. The van der Waals surface area contributed by atoms with Crippen molar-refractivity contribution in [2.24, 2.45) is 0 Å². The van der Waals surface area contributed by atoms with E-state index in [0.29, 0.717) is 13.0 Å². The van der Waals surface area contributed by atoms with Gasteiger partial charge in [-0.05, 0) is 37.8 Å². The Balaban J connectivity index is 2.08. The van der Waals surface area contributed by atoms with E-state index >= 15 is 0 Å². The Morgan fingerprint density at radius 1 is 0.895 bits per heavy atom. The monoisotopic (exact) mass is 266 g/mol. The zero-order valence-corrected chi connectivity index (χ0v) is 11.8. The van der Waals surface area contributed by atoms with Crippen LogP contribution in [0.1, 0.15) is 62.9 Å². The number of unbranched alkanes of at least 4 members (excludes halogenated alkanes) is 6. The van der Waals surface area contributed by atoms with E-state index in [0.717, 1.165) is 75.6 Å². The van der Waals surface area contributed by atoms with Gasteiger partial charge in [-0.3, -0.25) is 0 Å². The van der Waals surface area contributed by atoms with Crippen LogP contribution in [0.4, 0.5) is 0 Å². The largest absolute Gasteiger partial charge is 0.466 e. The third-order valence-corrected chi connectivity index (χ3v) is 3.29. The zero-order valence-electron chi connectivity index (χ0n) is 11.8. The Kier molecular flexibility index (Phi) is 9.07. The molecule has 0 atom stereocenters. The van der Waals surface area contributed by atoms with Crippen LogP contribution in [0, 0.1) is 0 Å². The van der Waals surface area contributed by atoms with Gasteiger partial charge >= 0.3 is 0 Å². The minimum absolute atomic E-state index is 0.301. The van der Waals surface area contributed by atoms with Gasteiger partial charge in [0.2, 0.25) is 0 Å². The summed E-state index contributed by atoms with van der Waals surface area (Å²) in [5.74, 6) is 2.14. The highest BCUT2D eigenvalue weighted by atomic mass is 16.3. The van der Waals surface area contributed by atoms with Crippen molar-refractivity contribution in [3.63, 3.8) is 0 Å². The zero-order chi connectivity index (χ0) is 13.8. The molecule has 1 aromatic rings. The molecule has 1 heterocycles. The molecule has 0 bridgehead atoms. The smallest absolute Gasteiger partial charge is 0.119 e. The van der Waals surface area contributed by atoms with Crippen molar-refractivity contribution in [1.82, 2.24) is 0 Å². The van der Waals surface area contributed by atoms with Crippen molar-refractivity contribution in [2.45, 2.75) is 64.2 Å². The number of hydrogen-bond donors (Lipinski definition) is 1. The van der Waals surface area contributed by atoms with Gasteiger partial charge in [-0.15, -0.1) is 0 Å². The van der Waals surface area contributed by atoms with Crippen LogP contribution in [0.15, 0.2) is 16.5 Å². The summed E-state index contributed by atoms with van der Waals surface area (Å²) in [6.07, 6.45) is 11.1. The summed E-state index contributed by atoms with van der Waals surface area (Å²) in [5, 5.41) is 8.68. The van der Waals surface area contributed by atoms with Crippen LogP contribution in [0.2, 0.25) is 0 Å². The number of aryl methyl sites for hydroxylation is 2. The van der Waals surface area contributed by atoms with Gasteiger partial charge in [-0.2, -0.15) is 0 Å². The van der Waals surface area contributed by atoms with Gasteiger partial charge in [0.1, 0.15) is 17.8 Å². The number of aliphatic hydroxyl groups excluding tert-OH is 1. The molecule has 3 heteroatoms. The van der Waals surface area contributed by atoms with Crippen LogP contribution in [-0.4, -0.2) is 18.0 Å². The molecule has 0 saturated carbocycles. The molecule has 0 amide bonds. The van der Waals surface area contributed by atoms with Crippen molar-refractivity contribution < 1.29 is 14.3 Å². The van der Waals surface area contributed by atoms with Crippen molar-refractivity contribution in [3.05, 3.63) is 23.7 Å². The van der Waals surface area contributed by atoms with Gasteiger partial charge in [0.25, 0.3) is 0 Å². The maximum absolute atomic E-state index is 10.2. The molecule has 0 aliphatic heterocycles. The van der Waals surface area contributed by atoms with Gasteiger partial charge in [-0.25, -0.2) is 0 Å². The van der Waals surface area contributed by atoms with E-state index in [9.17, 15) is 4.79 Å². The lowest BCUT2D eigenvalue weighted by atomic mass is 10.1. The van der Waals surface area contributed by atoms with Crippen molar-refractivity contribution in [2.75, 3.05) is 6.61 Å². The van der Waals surface area contributed by atoms with Gasteiger partial charge in [0, 0.05) is 25.9 Å². The number of carbonyl (C=O) groups is 1. The summed E-state index contributed by atoms with van der Waals surface area (Å²) in [7, 11) is 0. The predicted octanol–water partition coefficient (Wildman–Crippen LogP) is 3.68. The Labute approximate surface area is 116 Å². The van der Waals surface area contributed by atoms with Gasteiger partial charge in [0.15, 0.2) is 0 Å². The first kappa shape index (κ1) is 16.0. The van der Waals surface area contributed by atoms with Gasteiger partial charge in [-0.1, -0.05) is 19.3 Å². The van der Waals surface area contributed by atoms with Crippen molar-refractivity contribution in [1.29, 1.82) is 0 Å². The number of aldehydes is 1. The lowest BCUT2D eigenvalue weighted by Gasteiger charge is -1.99. The molecule has 0 radical (unpaired) electrons. The minimum Gasteiger partial charge on any atom is -0.466 e. The SMILES string of the molecule is O=CCCCCCc1ccc(CCCCCCO)o1.